The highest BCUT2D eigenvalue weighted by atomic mass is 16.4. The summed E-state index contributed by atoms with van der Waals surface area (Å²) in [7, 11) is 0. The molecule has 1 atom stereocenters. The number of carboxylic acid groups (broad SMARTS) is 1. The first-order valence-corrected chi connectivity index (χ1v) is 6.04. The van der Waals surface area contributed by atoms with Gasteiger partial charge in [0.15, 0.2) is 5.58 Å². The van der Waals surface area contributed by atoms with E-state index in [4.69, 9.17) is 9.52 Å². The predicted molar refractivity (Wildman–Crippen MR) is 66.6 cm³/mol. The molecule has 0 aliphatic carbocycles. The smallest absolute Gasteiger partial charge is 0.303 e. The number of anilines is 1. The predicted octanol–water partition coefficient (Wildman–Crippen LogP) is 2.13. The van der Waals surface area contributed by atoms with E-state index in [0.29, 0.717) is 12.6 Å². The van der Waals surface area contributed by atoms with Gasteiger partial charge < -0.3 is 14.4 Å². The van der Waals surface area contributed by atoms with Crippen molar-refractivity contribution in [3.8, 4) is 0 Å². The second kappa shape index (κ2) is 4.33. The van der Waals surface area contributed by atoms with Gasteiger partial charge >= 0.3 is 5.97 Å². The Balaban J connectivity index is 1.77. The maximum atomic E-state index is 10.7. The molecule has 3 rings (SSSR count). The number of nitrogens with zero attached hydrogens (tertiary/aromatic N) is 2. The summed E-state index contributed by atoms with van der Waals surface area (Å²) in [5.74, 6) is -0.545. The molecule has 0 radical (unpaired) electrons. The molecule has 1 saturated heterocycles. The van der Waals surface area contributed by atoms with E-state index in [2.05, 4.69) is 4.98 Å². The highest BCUT2D eigenvalue weighted by Crippen LogP contribution is 2.27. The van der Waals surface area contributed by atoms with Crippen LogP contribution in [-0.2, 0) is 4.79 Å². The van der Waals surface area contributed by atoms with Crippen molar-refractivity contribution in [3.63, 3.8) is 0 Å². The minimum absolute atomic E-state index is 0.192. The summed E-state index contributed by atoms with van der Waals surface area (Å²) < 4.78 is 5.67. The molecule has 5 nitrogen and oxygen atoms in total. The summed E-state index contributed by atoms with van der Waals surface area (Å²) >= 11 is 0. The van der Waals surface area contributed by atoms with Gasteiger partial charge in [0.1, 0.15) is 5.52 Å². The first kappa shape index (κ1) is 11.1. The summed E-state index contributed by atoms with van der Waals surface area (Å²) in [6.07, 6.45) is 1.10. The molecule has 0 spiro atoms. The quantitative estimate of drug-likeness (QED) is 0.898. The molecule has 2 heterocycles. The van der Waals surface area contributed by atoms with E-state index in [9.17, 15) is 4.79 Å². The molecule has 1 aromatic heterocycles. The van der Waals surface area contributed by atoms with E-state index in [0.717, 1.165) is 24.1 Å². The number of benzene rings is 1. The number of carboxylic acids is 1. The lowest BCUT2D eigenvalue weighted by Crippen LogP contribution is -2.20. The third-order valence-corrected chi connectivity index (χ3v) is 3.30. The zero-order valence-corrected chi connectivity index (χ0v) is 9.87. The lowest BCUT2D eigenvalue weighted by molar-refractivity contribution is -0.137. The lowest BCUT2D eigenvalue weighted by Gasteiger charge is -2.12. The van der Waals surface area contributed by atoms with Crippen LogP contribution in [0.1, 0.15) is 12.8 Å². The van der Waals surface area contributed by atoms with Crippen LogP contribution >= 0.6 is 0 Å². The Labute approximate surface area is 104 Å². The summed E-state index contributed by atoms with van der Waals surface area (Å²) in [5, 5.41) is 8.79. The van der Waals surface area contributed by atoms with Crippen molar-refractivity contribution < 1.29 is 14.3 Å². The molecule has 18 heavy (non-hydrogen) atoms. The number of hydrogen-bond acceptors (Lipinski definition) is 4. The topological polar surface area (TPSA) is 66.6 Å². The standard InChI is InChI=1S/C13H14N2O3/c16-12(17)7-9-5-6-15(8-9)13-14-10-3-1-2-4-11(10)18-13/h1-4,9H,5-8H2,(H,16,17). The van der Waals surface area contributed by atoms with Crippen LogP contribution in [0.25, 0.3) is 11.1 Å². The number of hydrogen-bond donors (Lipinski definition) is 1. The fraction of sp³-hybridized carbons (Fsp3) is 0.385. The van der Waals surface area contributed by atoms with Gasteiger partial charge in [0.25, 0.3) is 6.01 Å². The van der Waals surface area contributed by atoms with Gasteiger partial charge in [-0.15, -0.1) is 0 Å². The van der Waals surface area contributed by atoms with Gasteiger partial charge in [-0.1, -0.05) is 12.1 Å². The second-order valence-electron chi connectivity index (χ2n) is 4.66. The molecular weight excluding hydrogens is 232 g/mol. The second-order valence-corrected chi connectivity index (χ2v) is 4.66. The average Bonchev–Trinajstić information content (AvgIpc) is 2.93. The van der Waals surface area contributed by atoms with Crippen LogP contribution < -0.4 is 4.90 Å². The molecule has 1 aromatic carbocycles. The minimum Gasteiger partial charge on any atom is -0.481 e. The van der Waals surface area contributed by atoms with Crippen molar-refractivity contribution in [2.75, 3.05) is 18.0 Å². The van der Waals surface area contributed by atoms with Crippen LogP contribution in [0.4, 0.5) is 6.01 Å². The van der Waals surface area contributed by atoms with Crippen LogP contribution in [0.15, 0.2) is 28.7 Å². The van der Waals surface area contributed by atoms with Crippen molar-refractivity contribution >= 4 is 23.1 Å². The van der Waals surface area contributed by atoms with Gasteiger partial charge in [-0.2, -0.15) is 4.98 Å². The number of aromatic nitrogens is 1. The molecule has 5 heteroatoms. The Kier molecular flexibility index (Phi) is 2.66. The molecule has 1 aliphatic heterocycles. The minimum atomic E-state index is -0.737. The number of rotatable bonds is 3. The molecule has 0 amide bonds. The normalized spacial score (nSPS) is 19.6. The molecule has 0 saturated carbocycles. The van der Waals surface area contributed by atoms with E-state index in [-0.39, 0.29) is 12.3 Å². The Morgan fingerprint density at radius 1 is 1.50 bits per heavy atom. The maximum Gasteiger partial charge on any atom is 0.303 e. The number of para-hydroxylation sites is 2. The molecule has 0 bridgehead atoms. The van der Waals surface area contributed by atoms with Gasteiger partial charge in [-0.05, 0) is 24.5 Å². The zero-order chi connectivity index (χ0) is 12.5. The van der Waals surface area contributed by atoms with Gasteiger partial charge in [-0.25, -0.2) is 0 Å². The van der Waals surface area contributed by atoms with Crippen molar-refractivity contribution in [1.29, 1.82) is 0 Å². The molecular formula is C13H14N2O3. The van der Waals surface area contributed by atoms with Gasteiger partial charge in [0.2, 0.25) is 0 Å². The number of aliphatic carboxylic acids is 1. The summed E-state index contributed by atoms with van der Waals surface area (Å²) in [6.45, 7) is 1.52. The zero-order valence-electron chi connectivity index (χ0n) is 9.87. The van der Waals surface area contributed by atoms with E-state index >= 15 is 0 Å². The fourth-order valence-corrected chi connectivity index (χ4v) is 2.42. The highest BCUT2D eigenvalue weighted by molar-refractivity contribution is 5.74. The SMILES string of the molecule is O=C(O)CC1CCN(c2nc3ccccc3o2)C1. The molecule has 1 N–H and O–H groups in total. The van der Waals surface area contributed by atoms with E-state index < -0.39 is 5.97 Å². The Hall–Kier alpha value is -2.04. The van der Waals surface area contributed by atoms with Crippen LogP contribution in [0.5, 0.6) is 0 Å². The van der Waals surface area contributed by atoms with Gasteiger partial charge in [0.05, 0.1) is 0 Å². The van der Waals surface area contributed by atoms with E-state index in [1.165, 1.54) is 0 Å². The number of fused-ring (bicyclic) bond motifs is 1. The Bertz CT molecular complexity index is 545. The van der Waals surface area contributed by atoms with E-state index in [1.54, 1.807) is 0 Å². The van der Waals surface area contributed by atoms with Crippen LogP contribution in [0, 0.1) is 5.92 Å². The van der Waals surface area contributed by atoms with Crippen LogP contribution in [0.3, 0.4) is 0 Å². The molecule has 1 fully saturated rings. The number of oxazole rings is 1. The van der Waals surface area contributed by atoms with Gasteiger partial charge in [0, 0.05) is 19.5 Å². The fourth-order valence-electron chi connectivity index (χ4n) is 2.42. The Morgan fingerprint density at radius 2 is 2.33 bits per heavy atom. The first-order chi connectivity index (χ1) is 8.72. The number of carbonyl (C=O) groups is 1. The summed E-state index contributed by atoms with van der Waals surface area (Å²) in [4.78, 5) is 17.1. The third-order valence-electron chi connectivity index (χ3n) is 3.30. The molecule has 1 aliphatic rings. The van der Waals surface area contributed by atoms with Crippen molar-refractivity contribution in [2.24, 2.45) is 5.92 Å². The molecule has 1 unspecified atom stereocenters. The Morgan fingerprint density at radius 3 is 3.11 bits per heavy atom. The third kappa shape index (κ3) is 2.03. The monoisotopic (exact) mass is 246 g/mol. The first-order valence-electron chi connectivity index (χ1n) is 6.04. The summed E-state index contributed by atoms with van der Waals surface area (Å²) in [6, 6.07) is 8.23. The van der Waals surface area contributed by atoms with Crippen LogP contribution in [0.2, 0.25) is 0 Å². The average molecular weight is 246 g/mol. The maximum absolute atomic E-state index is 10.7. The van der Waals surface area contributed by atoms with Gasteiger partial charge in [-0.3, -0.25) is 4.79 Å². The van der Waals surface area contributed by atoms with E-state index in [1.807, 2.05) is 29.2 Å². The molecule has 2 aromatic rings. The highest BCUT2D eigenvalue weighted by Gasteiger charge is 2.27. The van der Waals surface area contributed by atoms with Crippen LogP contribution in [-0.4, -0.2) is 29.1 Å². The largest absolute Gasteiger partial charge is 0.481 e. The lowest BCUT2D eigenvalue weighted by atomic mass is 10.1. The van der Waals surface area contributed by atoms with Crippen molar-refractivity contribution in [3.05, 3.63) is 24.3 Å². The van der Waals surface area contributed by atoms with Crippen molar-refractivity contribution in [2.45, 2.75) is 12.8 Å². The van der Waals surface area contributed by atoms with Crippen molar-refractivity contribution in [1.82, 2.24) is 4.98 Å². The summed E-state index contributed by atoms with van der Waals surface area (Å²) in [5.41, 5.74) is 1.61. The molecule has 94 valence electrons.